The van der Waals surface area contributed by atoms with Gasteiger partial charge < -0.3 is 16.0 Å². The molecular formula is C11H17N5O3. The van der Waals surface area contributed by atoms with E-state index in [4.69, 9.17) is 5.73 Å². The normalized spacial score (nSPS) is 11.7. The number of carbonyl (C=O) groups excluding carboxylic acids is 1. The van der Waals surface area contributed by atoms with E-state index in [1.165, 1.54) is 12.1 Å². The number of nitro groups is 1. The summed E-state index contributed by atoms with van der Waals surface area (Å²) in [4.78, 5) is 27.3. The van der Waals surface area contributed by atoms with Crippen LogP contribution >= 0.6 is 0 Å². The van der Waals surface area contributed by atoms with E-state index < -0.39 is 4.92 Å². The maximum atomic E-state index is 11.4. The number of nitrogens with two attached hydrogens (primary N) is 1. The molecule has 1 amide bonds. The molecule has 0 saturated heterocycles. The minimum Gasteiger partial charge on any atom is -0.383 e. The molecular weight excluding hydrogens is 250 g/mol. The van der Waals surface area contributed by atoms with Crippen LogP contribution in [0.2, 0.25) is 0 Å². The van der Waals surface area contributed by atoms with Crippen molar-refractivity contribution in [3.8, 4) is 0 Å². The first kappa shape index (κ1) is 14.7. The third-order valence-electron chi connectivity index (χ3n) is 2.66. The number of pyridine rings is 1. The zero-order valence-electron chi connectivity index (χ0n) is 11.1. The minimum atomic E-state index is -0.530. The van der Waals surface area contributed by atoms with Crippen molar-refractivity contribution in [2.24, 2.45) is 5.92 Å². The lowest BCUT2D eigenvalue weighted by molar-refractivity contribution is -0.384. The quantitative estimate of drug-likeness (QED) is 0.589. The molecule has 0 bridgehead atoms. The van der Waals surface area contributed by atoms with Gasteiger partial charge in [-0.15, -0.1) is 0 Å². The monoisotopic (exact) mass is 267 g/mol. The molecule has 0 fully saturated rings. The van der Waals surface area contributed by atoms with Crippen LogP contribution in [0.3, 0.4) is 0 Å². The summed E-state index contributed by atoms with van der Waals surface area (Å²) in [6.45, 7) is 2.14. The Morgan fingerprint density at radius 2 is 2.26 bits per heavy atom. The van der Waals surface area contributed by atoms with Gasteiger partial charge in [0, 0.05) is 20.6 Å². The predicted octanol–water partition coefficient (Wildman–Crippen LogP) is 0.390. The highest BCUT2D eigenvalue weighted by Crippen LogP contribution is 2.21. The van der Waals surface area contributed by atoms with Crippen LogP contribution in [0.5, 0.6) is 0 Å². The van der Waals surface area contributed by atoms with E-state index in [9.17, 15) is 14.9 Å². The molecule has 104 valence electrons. The van der Waals surface area contributed by atoms with Gasteiger partial charge in [0.1, 0.15) is 11.6 Å². The van der Waals surface area contributed by atoms with Gasteiger partial charge in [-0.3, -0.25) is 14.9 Å². The number of nitrogens with zero attached hydrogens (tertiary/aromatic N) is 3. The summed E-state index contributed by atoms with van der Waals surface area (Å²) < 4.78 is 0. The van der Waals surface area contributed by atoms with Gasteiger partial charge in [0.15, 0.2) is 0 Å². The number of aromatic nitrogens is 1. The maximum Gasteiger partial charge on any atom is 0.276 e. The van der Waals surface area contributed by atoms with Crippen molar-refractivity contribution in [2.75, 3.05) is 31.3 Å². The summed E-state index contributed by atoms with van der Waals surface area (Å²) in [7, 11) is 3.26. The zero-order chi connectivity index (χ0) is 14.6. The van der Waals surface area contributed by atoms with Crippen molar-refractivity contribution in [3.05, 3.63) is 22.2 Å². The fraction of sp³-hybridized carbons (Fsp3) is 0.455. The van der Waals surface area contributed by atoms with Gasteiger partial charge in [0.05, 0.1) is 23.0 Å². The Morgan fingerprint density at radius 3 is 2.79 bits per heavy atom. The molecule has 0 aromatic carbocycles. The van der Waals surface area contributed by atoms with Crippen molar-refractivity contribution in [3.63, 3.8) is 0 Å². The van der Waals surface area contributed by atoms with Gasteiger partial charge in [-0.25, -0.2) is 4.98 Å². The molecule has 1 aromatic heterocycles. The molecule has 1 rings (SSSR count). The summed E-state index contributed by atoms with van der Waals surface area (Å²) in [5, 5.41) is 13.3. The van der Waals surface area contributed by atoms with Crippen LogP contribution < -0.4 is 16.0 Å². The lowest BCUT2D eigenvalue weighted by atomic mass is 10.1. The molecule has 0 aliphatic carbocycles. The summed E-state index contributed by atoms with van der Waals surface area (Å²) in [5.74, 6) is 0.0636. The van der Waals surface area contributed by atoms with E-state index in [1.807, 2.05) is 0 Å². The predicted molar refractivity (Wildman–Crippen MR) is 71.8 cm³/mol. The lowest BCUT2D eigenvalue weighted by Gasteiger charge is -2.21. The highest BCUT2D eigenvalue weighted by atomic mass is 16.6. The van der Waals surface area contributed by atoms with Crippen LogP contribution in [-0.4, -0.2) is 36.5 Å². The van der Waals surface area contributed by atoms with Gasteiger partial charge in [0.25, 0.3) is 5.69 Å². The second kappa shape index (κ2) is 5.98. The van der Waals surface area contributed by atoms with E-state index in [2.05, 4.69) is 10.3 Å². The molecule has 1 unspecified atom stereocenters. The lowest BCUT2D eigenvalue weighted by Crippen LogP contribution is -2.34. The fourth-order valence-corrected chi connectivity index (χ4v) is 1.66. The number of carbonyl (C=O) groups is 1. The van der Waals surface area contributed by atoms with Gasteiger partial charge >= 0.3 is 0 Å². The van der Waals surface area contributed by atoms with Gasteiger partial charge in [-0.05, 0) is 0 Å². The van der Waals surface area contributed by atoms with E-state index in [0.717, 1.165) is 0 Å². The van der Waals surface area contributed by atoms with Crippen LogP contribution in [0.15, 0.2) is 12.1 Å². The highest BCUT2D eigenvalue weighted by molar-refractivity contribution is 5.78. The fourth-order valence-electron chi connectivity index (χ4n) is 1.66. The molecule has 0 saturated carbocycles. The summed E-state index contributed by atoms with van der Waals surface area (Å²) in [6.07, 6.45) is 0. The number of anilines is 2. The van der Waals surface area contributed by atoms with Crippen LogP contribution in [0.4, 0.5) is 17.3 Å². The topological polar surface area (TPSA) is 114 Å². The van der Waals surface area contributed by atoms with Gasteiger partial charge in [0.2, 0.25) is 5.91 Å². The Morgan fingerprint density at radius 1 is 1.63 bits per heavy atom. The smallest absolute Gasteiger partial charge is 0.276 e. The van der Waals surface area contributed by atoms with Crippen molar-refractivity contribution in [1.29, 1.82) is 0 Å². The molecule has 0 spiro atoms. The largest absolute Gasteiger partial charge is 0.383 e. The van der Waals surface area contributed by atoms with Gasteiger partial charge in [-0.1, -0.05) is 6.92 Å². The van der Waals surface area contributed by atoms with E-state index in [1.54, 1.807) is 25.9 Å². The van der Waals surface area contributed by atoms with Crippen LogP contribution in [0.1, 0.15) is 6.92 Å². The molecule has 19 heavy (non-hydrogen) atoms. The average molecular weight is 267 g/mol. The zero-order valence-corrected chi connectivity index (χ0v) is 11.1. The first-order valence-corrected chi connectivity index (χ1v) is 5.69. The Bertz CT molecular complexity index is 491. The summed E-state index contributed by atoms with van der Waals surface area (Å²) in [6, 6.07) is 2.52. The van der Waals surface area contributed by atoms with Crippen LogP contribution in [0.25, 0.3) is 0 Å². The number of nitrogens with one attached hydrogen (secondary N) is 1. The molecule has 0 radical (unpaired) electrons. The number of hydrogen-bond donors (Lipinski definition) is 2. The van der Waals surface area contributed by atoms with Crippen molar-refractivity contribution < 1.29 is 9.72 Å². The Labute approximate surface area is 110 Å². The maximum absolute atomic E-state index is 11.4. The van der Waals surface area contributed by atoms with Crippen LogP contribution in [0, 0.1) is 16.0 Å². The summed E-state index contributed by atoms with van der Waals surface area (Å²) >= 11 is 0. The second-order valence-corrected chi connectivity index (χ2v) is 4.26. The molecule has 0 aliphatic heterocycles. The van der Waals surface area contributed by atoms with Crippen molar-refractivity contribution in [1.82, 2.24) is 10.3 Å². The van der Waals surface area contributed by atoms with E-state index in [0.29, 0.717) is 12.4 Å². The van der Waals surface area contributed by atoms with Crippen molar-refractivity contribution >= 4 is 23.2 Å². The third kappa shape index (κ3) is 3.80. The first-order valence-electron chi connectivity index (χ1n) is 5.69. The van der Waals surface area contributed by atoms with Gasteiger partial charge in [-0.2, -0.15) is 0 Å². The Hall–Kier alpha value is -2.38. The van der Waals surface area contributed by atoms with Crippen LogP contribution in [-0.2, 0) is 4.79 Å². The number of rotatable bonds is 5. The molecule has 8 nitrogen and oxygen atoms in total. The highest BCUT2D eigenvalue weighted by Gasteiger charge is 2.17. The average Bonchev–Trinajstić information content (AvgIpc) is 2.36. The Balaban J connectivity index is 2.90. The minimum absolute atomic E-state index is 0.0728. The molecule has 8 heteroatoms. The molecule has 3 N–H and O–H groups in total. The number of amides is 1. The van der Waals surface area contributed by atoms with Crippen molar-refractivity contribution in [2.45, 2.75) is 6.92 Å². The molecule has 0 aliphatic rings. The molecule has 1 atom stereocenters. The SMILES string of the molecule is CNC(=O)C(C)CN(C)c1cc([N+](=O)[O-])cc(N)n1. The standard InChI is InChI=1S/C11H17N5O3/c1-7(11(17)13-2)6-15(3)10-5-8(16(18)19)4-9(12)14-10/h4-5,7H,6H2,1-3H3,(H2,12,14)(H,13,17). The number of hydrogen-bond acceptors (Lipinski definition) is 6. The third-order valence-corrected chi connectivity index (χ3v) is 2.66. The van der Waals surface area contributed by atoms with E-state index in [-0.39, 0.29) is 23.3 Å². The Kier molecular flexibility index (Phi) is 4.62. The molecule has 1 aromatic rings. The number of nitrogen functional groups attached to an aromatic ring is 1. The first-order chi connectivity index (χ1) is 8.85. The second-order valence-electron chi connectivity index (χ2n) is 4.26. The van der Waals surface area contributed by atoms with E-state index >= 15 is 0 Å². The summed E-state index contributed by atoms with van der Waals surface area (Å²) in [5.41, 5.74) is 5.41. The molecule has 1 heterocycles.